The van der Waals surface area contributed by atoms with E-state index in [0.29, 0.717) is 6.54 Å². The van der Waals surface area contributed by atoms with E-state index in [1.807, 2.05) is 12.4 Å². The first-order valence-corrected chi connectivity index (χ1v) is 7.24. The van der Waals surface area contributed by atoms with Gasteiger partial charge in [-0.3, -0.25) is 0 Å². The molecule has 1 aromatic heterocycles. The molecule has 0 radical (unpaired) electrons. The van der Waals surface area contributed by atoms with Crippen LogP contribution in [0.2, 0.25) is 0 Å². The number of nitrogens with two attached hydrogens (primary N) is 1. The predicted octanol–water partition coefficient (Wildman–Crippen LogP) is 0.856. The van der Waals surface area contributed by atoms with Gasteiger partial charge in [0, 0.05) is 43.6 Å². The van der Waals surface area contributed by atoms with Gasteiger partial charge >= 0.3 is 0 Å². The number of likely N-dealkylation sites (tertiary alicyclic amines) is 1. The number of hydrogen-bond acceptors (Lipinski definition) is 5. The molecule has 5 heteroatoms. The summed E-state index contributed by atoms with van der Waals surface area (Å²) in [5.74, 6) is 1.63. The van der Waals surface area contributed by atoms with Gasteiger partial charge in [-0.1, -0.05) is 0 Å². The van der Waals surface area contributed by atoms with E-state index in [1.54, 1.807) is 0 Å². The second kappa shape index (κ2) is 5.43. The Kier molecular flexibility index (Phi) is 3.66. The van der Waals surface area contributed by atoms with Gasteiger partial charge in [-0.25, -0.2) is 9.97 Å². The van der Waals surface area contributed by atoms with Crippen LogP contribution in [0.3, 0.4) is 0 Å². The number of piperidine rings is 2. The Hall–Kier alpha value is -1.20. The van der Waals surface area contributed by atoms with Crippen LogP contribution in [0.4, 0.5) is 5.95 Å². The van der Waals surface area contributed by atoms with Crippen LogP contribution in [0.5, 0.6) is 0 Å². The Bertz CT molecular complexity index is 418. The number of fused-ring (bicyclic) bond motifs is 1. The summed E-state index contributed by atoms with van der Waals surface area (Å²) in [5.41, 5.74) is 6.58. The SMILES string of the molecule is CN1CCCC2CN(c3ncc(CN)cn3)CCC21. The average molecular weight is 261 g/mol. The molecule has 2 N–H and O–H groups in total. The molecule has 0 aliphatic carbocycles. The fourth-order valence-corrected chi connectivity index (χ4v) is 3.45. The molecule has 2 saturated heterocycles. The lowest BCUT2D eigenvalue weighted by Gasteiger charge is -2.45. The maximum atomic E-state index is 5.58. The summed E-state index contributed by atoms with van der Waals surface area (Å²) < 4.78 is 0. The van der Waals surface area contributed by atoms with Crippen molar-refractivity contribution in [2.24, 2.45) is 11.7 Å². The van der Waals surface area contributed by atoms with Crippen LogP contribution in [0.1, 0.15) is 24.8 Å². The molecule has 0 amide bonds. The molecule has 1 aromatic rings. The van der Waals surface area contributed by atoms with E-state index in [4.69, 9.17) is 5.73 Å². The third-order valence-corrected chi connectivity index (χ3v) is 4.56. The Morgan fingerprint density at radius 2 is 2.05 bits per heavy atom. The molecule has 2 atom stereocenters. The van der Waals surface area contributed by atoms with Crippen LogP contribution in [-0.4, -0.2) is 47.6 Å². The lowest BCUT2D eigenvalue weighted by molar-refractivity contribution is 0.102. The molecular weight excluding hydrogens is 238 g/mol. The normalized spacial score (nSPS) is 28.2. The van der Waals surface area contributed by atoms with Crippen LogP contribution < -0.4 is 10.6 Å². The monoisotopic (exact) mass is 261 g/mol. The molecule has 2 aliphatic heterocycles. The van der Waals surface area contributed by atoms with Gasteiger partial charge in [-0.05, 0) is 38.8 Å². The van der Waals surface area contributed by atoms with Crippen molar-refractivity contribution in [3.8, 4) is 0 Å². The average Bonchev–Trinajstić information content (AvgIpc) is 2.47. The highest BCUT2D eigenvalue weighted by Crippen LogP contribution is 2.30. The number of nitrogens with zero attached hydrogens (tertiary/aromatic N) is 4. The van der Waals surface area contributed by atoms with E-state index in [1.165, 1.54) is 25.8 Å². The fourth-order valence-electron chi connectivity index (χ4n) is 3.45. The van der Waals surface area contributed by atoms with Crippen LogP contribution in [0, 0.1) is 5.92 Å². The third kappa shape index (κ3) is 2.58. The zero-order chi connectivity index (χ0) is 13.2. The minimum Gasteiger partial charge on any atom is -0.340 e. The van der Waals surface area contributed by atoms with Gasteiger partial charge in [0.25, 0.3) is 0 Å². The Labute approximate surface area is 114 Å². The molecule has 2 unspecified atom stereocenters. The summed E-state index contributed by atoms with van der Waals surface area (Å²) in [6.07, 6.45) is 7.58. The second-order valence-corrected chi connectivity index (χ2v) is 5.78. The van der Waals surface area contributed by atoms with E-state index in [-0.39, 0.29) is 0 Å². The number of rotatable bonds is 2. The first-order valence-electron chi connectivity index (χ1n) is 7.24. The molecule has 0 bridgehead atoms. The summed E-state index contributed by atoms with van der Waals surface area (Å²) in [6.45, 7) is 3.92. The largest absolute Gasteiger partial charge is 0.340 e. The summed E-state index contributed by atoms with van der Waals surface area (Å²) in [4.78, 5) is 13.8. The van der Waals surface area contributed by atoms with Gasteiger partial charge in [0.15, 0.2) is 0 Å². The van der Waals surface area contributed by atoms with Crippen LogP contribution in [-0.2, 0) is 6.54 Å². The molecule has 19 heavy (non-hydrogen) atoms. The van der Waals surface area contributed by atoms with Gasteiger partial charge in [0.2, 0.25) is 5.95 Å². The first-order chi connectivity index (χ1) is 9.28. The maximum absolute atomic E-state index is 5.58. The molecular formula is C14H23N5. The molecule has 5 nitrogen and oxygen atoms in total. The van der Waals surface area contributed by atoms with Crippen molar-refractivity contribution in [1.29, 1.82) is 0 Å². The summed E-state index contributed by atoms with van der Waals surface area (Å²) >= 11 is 0. The van der Waals surface area contributed by atoms with Crippen molar-refractivity contribution in [3.05, 3.63) is 18.0 Å². The van der Waals surface area contributed by atoms with Crippen LogP contribution >= 0.6 is 0 Å². The number of aromatic nitrogens is 2. The van der Waals surface area contributed by atoms with E-state index >= 15 is 0 Å². The molecule has 0 saturated carbocycles. The Morgan fingerprint density at radius 1 is 1.26 bits per heavy atom. The smallest absolute Gasteiger partial charge is 0.225 e. The van der Waals surface area contributed by atoms with Crippen molar-refractivity contribution in [2.75, 3.05) is 31.6 Å². The fraction of sp³-hybridized carbons (Fsp3) is 0.714. The molecule has 104 valence electrons. The highest BCUT2D eigenvalue weighted by molar-refractivity contribution is 5.31. The van der Waals surface area contributed by atoms with Gasteiger partial charge in [0.1, 0.15) is 0 Å². The number of hydrogen-bond donors (Lipinski definition) is 1. The summed E-state index contributed by atoms with van der Waals surface area (Å²) in [7, 11) is 2.26. The van der Waals surface area contributed by atoms with Crippen LogP contribution in [0.25, 0.3) is 0 Å². The van der Waals surface area contributed by atoms with Gasteiger partial charge < -0.3 is 15.5 Å². The van der Waals surface area contributed by atoms with Crippen molar-refractivity contribution in [3.63, 3.8) is 0 Å². The Morgan fingerprint density at radius 3 is 2.79 bits per heavy atom. The lowest BCUT2D eigenvalue weighted by Crippen LogP contribution is -2.53. The van der Waals surface area contributed by atoms with Gasteiger partial charge in [0.05, 0.1) is 0 Å². The highest BCUT2D eigenvalue weighted by atomic mass is 15.3. The molecule has 3 rings (SSSR count). The first kappa shape index (κ1) is 12.8. The van der Waals surface area contributed by atoms with Crippen molar-refractivity contribution >= 4 is 5.95 Å². The summed E-state index contributed by atoms with van der Waals surface area (Å²) in [5, 5.41) is 0. The quantitative estimate of drug-likeness (QED) is 0.855. The second-order valence-electron chi connectivity index (χ2n) is 5.78. The minimum absolute atomic E-state index is 0.510. The summed E-state index contributed by atoms with van der Waals surface area (Å²) in [6, 6.07) is 0.758. The molecule has 2 aliphatic rings. The van der Waals surface area contributed by atoms with E-state index < -0.39 is 0 Å². The highest BCUT2D eigenvalue weighted by Gasteiger charge is 2.34. The topological polar surface area (TPSA) is 58.3 Å². The standard InChI is InChI=1S/C14H23N5/c1-18-5-2-3-12-10-19(6-4-13(12)18)14-16-8-11(7-15)9-17-14/h8-9,12-13H,2-7,10,15H2,1H3. The maximum Gasteiger partial charge on any atom is 0.225 e. The molecule has 2 fully saturated rings. The predicted molar refractivity (Wildman–Crippen MR) is 75.9 cm³/mol. The molecule has 3 heterocycles. The van der Waals surface area contributed by atoms with E-state index in [0.717, 1.165) is 36.6 Å². The molecule has 0 spiro atoms. The van der Waals surface area contributed by atoms with E-state index in [2.05, 4.69) is 26.8 Å². The number of anilines is 1. The Balaban J connectivity index is 1.69. The van der Waals surface area contributed by atoms with Gasteiger partial charge in [-0.15, -0.1) is 0 Å². The zero-order valence-electron chi connectivity index (χ0n) is 11.6. The van der Waals surface area contributed by atoms with Crippen LogP contribution in [0.15, 0.2) is 12.4 Å². The lowest BCUT2D eigenvalue weighted by atomic mass is 9.84. The van der Waals surface area contributed by atoms with Crippen molar-refractivity contribution in [2.45, 2.75) is 31.8 Å². The van der Waals surface area contributed by atoms with Crippen molar-refractivity contribution in [1.82, 2.24) is 14.9 Å². The van der Waals surface area contributed by atoms with Gasteiger partial charge in [-0.2, -0.15) is 0 Å². The third-order valence-electron chi connectivity index (χ3n) is 4.56. The zero-order valence-corrected chi connectivity index (χ0v) is 11.6. The minimum atomic E-state index is 0.510. The van der Waals surface area contributed by atoms with Crippen molar-refractivity contribution < 1.29 is 0 Å². The van der Waals surface area contributed by atoms with E-state index in [9.17, 15) is 0 Å². The molecule has 0 aromatic carbocycles.